The molecular weight excluding hydrogens is 434 g/mol. The summed E-state index contributed by atoms with van der Waals surface area (Å²) in [7, 11) is -7.21. The first-order chi connectivity index (χ1) is 14.7. The second-order valence-corrected chi connectivity index (χ2v) is 11.5. The van der Waals surface area contributed by atoms with E-state index in [-0.39, 0.29) is 10.6 Å². The van der Waals surface area contributed by atoms with Gasteiger partial charge in [0.1, 0.15) is 11.8 Å². The van der Waals surface area contributed by atoms with E-state index < -0.39 is 19.8 Å². The van der Waals surface area contributed by atoms with Crippen molar-refractivity contribution in [3.05, 3.63) is 84.1 Å². The van der Waals surface area contributed by atoms with Crippen LogP contribution in [0.1, 0.15) is 16.8 Å². The van der Waals surface area contributed by atoms with E-state index in [0.29, 0.717) is 23.4 Å². The minimum atomic E-state index is -4.06. The molecule has 0 saturated heterocycles. The molecule has 0 radical (unpaired) electrons. The van der Waals surface area contributed by atoms with E-state index in [4.69, 9.17) is 0 Å². The molecule has 1 atom stereocenters. The van der Waals surface area contributed by atoms with Crippen LogP contribution in [0.25, 0.3) is 11.2 Å². The largest absolute Gasteiger partial charge is 0.311 e. The predicted molar refractivity (Wildman–Crippen MR) is 119 cm³/mol. The zero-order valence-corrected chi connectivity index (χ0v) is 18.7. The van der Waals surface area contributed by atoms with Gasteiger partial charge in [0.15, 0.2) is 5.65 Å². The van der Waals surface area contributed by atoms with E-state index in [1.807, 2.05) is 41.8 Å². The maximum absolute atomic E-state index is 13.1. The van der Waals surface area contributed by atoms with Gasteiger partial charge in [0.05, 0.1) is 38.9 Å². The molecule has 2 aromatic carbocycles. The normalized spacial score (nSPS) is 13.7. The SMILES string of the molecule is Cc1ccc(S(=O)(=O)N=S(C)(=O)Cc2ncnc3c2ncn3Cc2ccccc2)cc1. The number of nitrogens with zero attached hydrogens (tertiary/aromatic N) is 5. The number of benzene rings is 2. The summed E-state index contributed by atoms with van der Waals surface area (Å²) in [4.78, 5) is 12.9. The van der Waals surface area contributed by atoms with Crippen molar-refractivity contribution in [1.29, 1.82) is 0 Å². The molecule has 0 fully saturated rings. The van der Waals surface area contributed by atoms with E-state index in [1.165, 1.54) is 24.7 Å². The van der Waals surface area contributed by atoms with Crippen LogP contribution in [-0.4, -0.2) is 38.4 Å². The third kappa shape index (κ3) is 4.80. The Morgan fingerprint density at radius 1 is 0.935 bits per heavy atom. The van der Waals surface area contributed by atoms with Gasteiger partial charge in [-0.1, -0.05) is 48.0 Å². The lowest BCUT2D eigenvalue weighted by atomic mass is 10.2. The van der Waals surface area contributed by atoms with E-state index in [2.05, 4.69) is 18.7 Å². The van der Waals surface area contributed by atoms with Crippen LogP contribution in [0.15, 0.2) is 75.9 Å². The number of imidazole rings is 1. The van der Waals surface area contributed by atoms with Crippen LogP contribution in [0.2, 0.25) is 0 Å². The monoisotopic (exact) mass is 455 g/mol. The molecule has 8 nitrogen and oxygen atoms in total. The summed E-state index contributed by atoms with van der Waals surface area (Å²) in [5.74, 6) is -0.153. The Labute approximate surface area is 181 Å². The van der Waals surface area contributed by atoms with Gasteiger partial charge in [-0.15, -0.1) is 3.77 Å². The maximum Gasteiger partial charge on any atom is 0.290 e. The van der Waals surface area contributed by atoms with Gasteiger partial charge in [-0.3, -0.25) is 0 Å². The second kappa shape index (κ2) is 8.20. The first kappa shape index (κ1) is 21.1. The third-order valence-electron chi connectivity index (χ3n) is 4.65. The van der Waals surface area contributed by atoms with Crippen molar-refractivity contribution in [3.63, 3.8) is 0 Å². The van der Waals surface area contributed by atoms with E-state index >= 15 is 0 Å². The maximum atomic E-state index is 13.1. The Bertz CT molecular complexity index is 1450. The average molecular weight is 456 g/mol. The van der Waals surface area contributed by atoms with E-state index in [0.717, 1.165) is 11.1 Å². The summed E-state index contributed by atoms with van der Waals surface area (Å²) in [6, 6.07) is 16.1. The molecule has 0 spiro atoms. The number of fused-ring (bicyclic) bond motifs is 1. The van der Waals surface area contributed by atoms with Crippen molar-refractivity contribution in [1.82, 2.24) is 19.5 Å². The average Bonchev–Trinajstić information content (AvgIpc) is 3.12. The van der Waals surface area contributed by atoms with Crippen molar-refractivity contribution in [3.8, 4) is 0 Å². The van der Waals surface area contributed by atoms with Crippen LogP contribution in [-0.2, 0) is 32.0 Å². The first-order valence-electron chi connectivity index (χ1n) is 9.45. The van der Waals surface area contributed by atoms with Crippen LogP contribution in [0.4, 0.5) is 0 Å². The molecule has 0 aliphatic heterocycles. The summed E-state index contributed by atoms with van der Waals surface area (Å²) < 4.78 is 43.9. The summed E-state index contributed by atoms with van der Waals surface area (Å²) in [6.45, 7) is 2.43. The quantitative estimate of drug-likeness (QED) is 0.442. The van der Waals surface area contributed by atoms with Crippen LogP contribution < -0.4 is 0 Å². The smallest absolute Gasteiger partial charge is 0.290 e. The molecular formula is C21H21N5O3S2. The van der Waals surface area contributed by atoms with Crippen molar-refractivity contribution < 1.29 is 12.6 Å². The number of rotatable bonds is 6. The van der Waals surface area contributed by atoms with Gasteiger partial charge in [-0.05, 0) is 24.6 Å². The Hall–Kier alpha value is -3.11. The highest BCUT2D eigenvalue weighted by Crippen LogP contribution is 2.20. The molecule has 0 N–H and O–H groups in total. The van der Waals surface area contributed by atoms with Crippen molar-refractivity contribution in [2.75, 3.05) is 6.26 Å². The Kier molecular flexibility index (Phi) is 5.59. The number of aryl methyl sites for hydroxylation is 1. The van der Waals surface area contributed by atoms with Crippen molar-refractivity contribution >= 4 is 30.9 Å². The molecule has 0 saturated carbocycles. The highest BCUT2D eigenvalue weighted by Gasteiger charge is 2.19. The molecule has 0 aliphatic rings. The lowest BCUT2D eigenvalue weighted by Crippen LogP contribution is -2.09. The minimum Gasteiger partial charge on any atom is -0.311 e. The van der Waals surface area contributed by atoms with Gasteiger partial charge in [0.2, 0.25) is 0 Å². The zero-order valence-electron chi connectivity index (χ0n) is 17.0. The minimum absolute atomic E-state index is 0.00708. The number of hydrogen-bond donors (Lipinski definition) is 0. The molecule has 4 aromatic rings. The highest BCUT2D eigenvalue weighted by atomic mass is 32.3. The highest BCUT2D eigenvalue weighted by molar-refractivity contribution is 8.02. The topological polar surface area (TPSA) is 107 Å². The van der Waals surface area contributed by atoms with Gasteiger partial charge in [0.25, 0.3) is 10.0 Å². The van der Waals surface area contributed by atoms with Crippen LogP contribution in [0.3, 0.4) is 0 Å². The molecule has 0 aliphatic carbocycles. The zero-order chi connectivity index (χ0) is 22.1. The summed E-state index contributed by atoms with van der Waals surface area (Å²) in [6.07, 6.45) is 4.33. The van der Waals surface area contributed by atoms with Gasteiger partial charge in [0, 0.05) is 6.26 Å². The van der Waals surface area contributed by atoms with Crippen LogP contribution >= 0.6 is 0 Å². The molecule has 10 heteroatoms. The summed E-state index contributed by atoms with van der Waals surface area (Å²) >= 11 is 0. The number of hydrogen-bond acceptors (Lipinski definition) is 6. The summed E-state index contributed by atoms with van der Waals surface area (Å²) in [5, 5.41) is 0. The predicted octanol–water partition coefficient (Wildman–Crippen LogP) is 3.17. The van der Waals surface area contributed by atoms with Crippen molar-refractivity contribution in [2.24, 2.45) is 3.77 Å². The fourth-order valence-electron chi connectivity index (χ4n) is 3.17. The lowest BCUT2D eigenvalue weighted by Gasteiger charge is -2.07. The second-order valence-electron chi connectivity index (χ2n) is 7.32. The molecule has 1 unspecified atom stereocenters. The standard InChI is InChI=1S/C21H21N5O3S2/c1-16-8-10-18(11-9-16)31(28,29)25-30(2,27)13-19-20-21(23-14-22-19)26(15-24-20)12-17-6-4-3-5-7-17/h3-11,14-15H,12-13H2,1-2H3. The first-order valence-corrected chi connectivity index (χ1v) is 13.0. The van der Waals surface area contributed by atoms with Gasteiger partial charge in [-0.2, -0.15) is 8.42 Å². The Morgan fingerprint density at radius 3 is 2.35 bits per heavy atom. The van der Waals surface area contributed by atoms with Gasteiger partial charge < -0.3 is 4.57 Å². The Balaban J connectivity index is 1.67. The fraction of sp³-hybridized carbons (Fsp3) is 0.190. The molecule has 2 aromatic heterocycles. The third-order valence-corrected chi connectivity index (χ3v) is 8.38. The number of sulfonamides is 1. The van der Waals surface area contributed by atoms with Crippen LogP contribution in [0, 0.1) is 6.92 Å². The summed E-state index contributed by atoms with van der Waals surface area (Å²) in [5.41, 5.74) is 3.47. The molecule has 2 heterocycles. The van der Waals surface area contributed by atoms with E-state index in [1.54, 1.807) is 18.5 Å². The molecule has 0 amide bonds. The van der Waals surface area contributed by atoms with Gasteiger partial charge >= 0.3 is 0 Å². The molecule has 31 heavy (non-hydrogen) atoms. The van der Waals surface area contributed by atoms with Crippen molar-refractivity contribution in [2.45, 2.75) is 24.1 Å². The van der Waals surface area contributed by atoms with Gasteiger partial charge in [-0.25, -0.2) is 19.2 Å². The molecule has 4 rings (SSSR count). The molecule has 0 bridgehead atoms. The van der Waals surface area contributed by atoms with E-state index in [9.17, 15) is 12.6 Å². The Morgan fingerprint density at radius 2 is 1.65 bits per heavy atom. The van der Waals surface area contributed by atoms with Crippen LogP contribution in [0.5, 0.6) is 0 Å². The fourth-order valence-corrected chi connectivity index (χ4v) is 6.59. The lowest BCUT2D eigenvalue weighted by molar-refractivity contribution is 0.598. The molecule has 160 valence electrons. The number of aromatic nitrogens is 4.